The molecule has 5 N–H and O–H groups in total. The fourth-order valence-electron chi connectivity index (χ4n) is 14.2. The first-order valence-corrected chi connectivity index (χ1v) is 81.0. The Morgan fingerprint density at radius 1 is 0.257 bits per heavy atom. The van der Waals surface area contributed by atoms with Crippen LogP contribution in [0.3, 0.4) is 0 Å². The Hall–Kier alpha value is -2.37. The molecule has 0 fully saturated rings. The summed E-state index contributed by atoms with van der Waals surface area (Å²) in [6, 6.07) is 84.1. The molecule has 0 aromatic heterocycles. The number of nitrogens with zero attached hydrogens (tertiary/aromatic N) is 5. The molecule has 0 spiro atoms. The Labute approximate surface area is 959 Å². The first kappa shape index (κ1) is 136. The van der Waals surface area contributed by atoms with Crippen molar-refractivity contribution in [3.05, 3.63) is 315 Å². The molecule has 31 heteroatoms. The Morgan fingerprint density at radius 2 is 0.569 bits per heavy atom. The predicted molar refractivity (Wildman–Crippen MR) is 644 cm³/mol. The first-order valence-electron chi connectivity index (χ1n) is 47.8. The molecule has 12 aromatic rings. The average molecular weight is 2390 g/mol. The van der Waals surface area contributed by atoms with Crippen LogP contribution in [0.15, 0.2) is 249 Å². The maximum absolute atomic E-state index is 14.1. The van der Waals surface area contributed by atoms with Crippen molar-refractivity contribution < 1.29 is 127 Å². The third-order valence-corrected chi connectivity index (χ3v) is 39.5. The number of phenols is 5. The van der Waals surface area contributed by atoms with Crippen LogP contribution in [0.4, 0.5) is 4.39 Å². The summed E-state index contributed by atoms with van der Waals surface area (Å²) in [7, 11) is 17.6. The molecular formula is C113H154Cl5FN5O5P5Si5Ti5. The van der Waals surface area contributed by atoms with Crippen molar-refractivity contribution in [2.45, 2.75) is 269 Å². The van der Waals surface area contributed by atoms with Crippen LogP contribution in [0, 0.1) is 12.7 Å². The minimum atomic E-state index is -1.63. The van der Waals surface area contributed by atoms with E-state index in [-0.39, 0.29) is 47.8 Å². The Bertz CT molecular complexity index is 5860. The second-order valence-corrected chi connectivity index (χ2v) is 76.8. The summed E-state index contributed by atoms with van der Waals surface area (Å²) in [6.45, 7) is 71.9. The number of aryl methyl sites for hydroxylation is 1. The van der Waals surface area contributed by atoms with Gasteiger partial charge < -0.3 is 52.1 Å². The third kappa shape index (κ3) is 48.7. The van der Waals surface area contributed by atoms with Gasteiger partial charge in [0.1, 0.15) is 34.6 Å². The molecule has 10 nitrogen and oxygen atoms in total. The van der Waals surface area contributed by atoms with Crippen molar-refractivity contribution >= 4 is 209 Å². The van der Waals surface area contributed by atoms with Gasteiger partial charge in [-0.15, -0.1) is 60.4 Å². The van der Waals surface area contributed by atoms with Gasteiger partial charge in [0.2, 0.25) is 0 Å². The summed E-state index contributed by atoms with van der Waals surface area (Å²) in [6.07, 6.45) is 0. The van der Waals surface area contributed by atoms with Gasteiger partial charge in [-0.3, -0.25) is 0 Å². The van der Waals surface area contributed by atoms with E-state index < -0.39 is 40.4 Å². The molecule has 5 atom stereocenters. The van der Waals surface area contributed by atoms with Crippen molar-refractivity contribution in [2.24, 2.45) is 0 Å². The number of para-hydroxylation sites is 2. The molecule has 12 rings (SSSR count). The van der Waals surface area contributed by atoms with Gasteiger partial charge in [-0.2, -0.15) is 0 Å². The van der Waals surface area contributed by atoms with Crippen LogP contribution in [0.2, 0.25) is 98.2 Å². The number of rotatable bonds is 27. The topological polar surface area (TPSA) is 172 Å². The molecule has 768 valence electrons. The number of hydrogen-bond acceptors (Lipinski definition) is 5. The summed E-state index contributed by atoms with van der Waals surface area (Å²) in [4.78, 5) is 0. The Kier molecular flexibility index (Phi) is 60.5. The van der Waals surface area contributed by atoms with Gasteiger partial charge in [-0.25, -0.2) is 4.39 Å². The number of hydrogen-bond donors (Lipinski definition) is 5. The first-order chi connectivity index (χ1) is 67.1. The number of phenolic OH excluding ortho intramolecular Hbond substituents is 5. The van der Waals surface area contributed by atoms with Crippen molar-refractivity contribution in [3.8, 4) is 51.0 Å². The molecular weight excluding hydrogens is 2240 g/mol. The SMILES string of the molecule is CC(C)(C)[N-]Cc1cc(F)ccc1Pc1cc(-c2ccccc2)cc(-c2ccccc2)c1O.CC(C)(C)[N-]Cc1ccccc1Pc1cc([Si](C)(C)C)cc([Si](C)(C)C)c1O.CC(C)(C)[N-]Cc1ccccc1Pc1cc([Si](C)(C)C)ccc1O.CC(C)(C)[N-]Cc1ccccc1Pc1cccc([Si](C)(C)C)c1O.Cc1cccc(C[N-]C(C)(C)C)c1Pc1cccc([Si](C)(C)C)c1O.[Cl][Ti+].[Cl][Ti+].[Cl][Ti+].[Cl][Ti+].[Cl][Ti+]. The van der Waals surface area contributed by atoms with Gasteiger partial charge in [0.25, 0.3) is 0 Å². The zero-order valence-electron chi connectivity index (χ0n) is 90.4. The Balaban J connectivity index is 0.000000454. The van der Waals surface area contributed by atoms with E-state index in [0.29, 0.717) is 63.9 Å². The summed E-state index contributed by atoms with van der Waals surface area (Å²) < 4.78 is 14.1. The van der Waals surface area contributed by atoms with E-state index in [2.05, 4.69) is 399 Å². The molecule has 0 radical (unpaired) electrons. The van der Waals surface area contributed by atoms with E-state index in [4.69, 9.17) is 26.6 Å². The Morgan fingerprint density at radius 3 is 0.965 bits per heavy atom. The molecule has 0 saturated heterocycles. The van der Waals surface area contributed by atoms with E-state index in [1.165, 1.54) is 168 Å². The summed E-state index contributed by atoms with van der Waals surface area (Å²) in [5.41, 5.74) is 10.7. The molecule has 0 aliphatic rings. The fourth-order valence-corrected chi connectivity index (χ4v) is 27.9. The monoisotopic (exact) mass is 2390 g/mol. The van der Waals surface area contributed by atoms with Crippen LogP contribution < -0.4 is 79.0 Å². The normalized spacial score (nSPS) is 12.0. The van der Waals surface area contributed by atoms with Crippen LogP contribution in [0.5, 0.6) is 28.7 Å². The number of benzene rings is 12. The van der Waals surface area contributed by atoms with E-state index in [1.807, 2.05) is 93.6 Å². The third-order valence-electron chi connectivity index (χ3n) is 22.1. The van der Waals surface area contributed by atoms with Gasteiger partial charge in [0, 0.05) is 32.1 Å². The van der Waals surface area contributed by atoms with Crippen LogP contribution >= 0.6 is 89.4 Å². The molecule has 0 saturated carbocycles. The number of halogens is 6. The van der Waals surface area contributed by atoms with Gasteiger partial charge in [0.15, 0.2) is 0 Å². The van der Waals surface area contributed by atoms with Crippen molar-refractivity contribution in [1.29, 1.82) is 0 Å². The van der Waals surface area contributed by atoms with E-state index in [0.717, 1.165) is 96.2 Å². The van der Waals surface area contributed by atoms with E-state index in [9.17, 15) is 29.9 Å². The molecule has 0 aliphatic heterocycles. The van der Waals surface area contributed by atoms with Crippen LogP contribution in [0.25, 0.3) is 48.8 Å². The van der Waals surface area contributed by atoms with Crippen molar-refractivity contribution in [2.75, 3.05) is 0 Å². The fraction of sp³-hybridized carbons (Fsp3) is 0.363. The maximum atomic E-state index is 14.1. The molecule has 0 aliphatic carbocycles. The molecule has 0 amide bonds. The molecule has 0 bridgehead atoms. The molecule has 12 aromatic carbocycles. The minimum absolute atomic E-state index is 0.0316. The van der Waals surface area contributed by atoms with Crippen LogP contribution in [-0.2, 0) is 130 Å². The molecule has 5 unspecified atom stereocenters. The predicted octanol–water partition coefficient (Wildman–Crippen LogP) is 28.4. The number of aromatic hydroxyl groups is 5. The van der Waals surface area contributed by atoms with Crippen LogP contribution in [0.1, 0.15) is 137 Å². The van der Waals surface area contributed by atoms with E-state index in [1.54, 1.807) is 6.07 Å². The summed E-state index contributed by atoms with van der Waals surface area (Å²) >= 11 is 7.36. The van der Waals surface area contributed by atoms with Gasteiger partial charge in [-0.05, 0) is 102 Å². The van der Waals surface area contributed by atoms with Crippen molar-refractivity contribution in [3.63, 3.8) is 0 Å². The average Bonchev–Trinajstić information content (AvgIpc) is 0.774. The zero-order chi connectivity index (χ0) is 109. The van der Waals surface area contributed by atoms with Crippen LogP contribution in [-0.4, -0.2) is 93.6 Å². The van der Waals surface area contributed by atoms with Gasteiger partial charge >= 0.3 is 143 Å². The standard InChI is InChI=1S/C29H28FNOP.C23H37NOPSi2.C21H31NOPSi.2C20H29NOPSi.5ClH.5Ti/c1-29(2,3)31-19-23-16-24(30)14-15-26(23)33-27-18-22(20-10-6-4-7-11-20)17-25(28(27)32)21-12-8-5-9-13-21;1-23(2,3)24-16-17-12-10-11-13-19(17)26-20-14-18(27(4,5)6)15-21(22(20)25)28(7,8)9;1-15-10-8-11-16(14-22-21(2,3)4)20(15)24-17-12-9-13-18(19(17)23)25(5,6)7;1-20(2,3)21-14-15-10-7-8-11-16(15)23-17-12-9-13-18(19(17)22)24(4,5)6;1-20(2,3)21-14-15-9-7-8-10-18(15)23-19-13-16(24(4,5)6)11-12-17(19)22;;;;;;;;;;/h4-18,32-33H,19H2,1-3H3;10-15,25-26H,16H2,1-9H3;8-13,23-24H,14H2,1-7H3;2*7-13,22-23H,14H2,1-6H3;5*1H;;;;;/q5*-1;;;;;;5*+2/p-5. The summed E-state index contributed by atoms with van der Waals surface area (Å²) in [5.74, 6) is 1.93. The second-order valence-electron chi connectivity index (χ2n) is 44.9. The quantitative estimate of drug-likeness (QED) is 0.0254. The molecule has 144 heavy (non-hydrogen) atoms. The van der Waals surface area contributed by atoms with Gasteiger partial charge in [-0.1, -0.05) is 502 Å². The van der Waals surface area contributed by atoms with Gasteiger partial charge in [0.05, 0.1) is 40.4 Å². The van der Waals surface area contributed by atoms with Crippen molar-refractivity contribution in [1.82, 2.24) is 0 Å². The second kappa shape index (κ2) is 64.2. The summed E-state index contributed by atoms with van der Waals surface area (Å²) in [5, 5.41) is 95.7. The molecule has 0 heterocycles. The van der Waals surface area contributed by atoms with E-state index >= 15 is 0 Å². The zero-order valence-corrected chi connectivity index (χ0v) is 112.